The van der Waals surface area contributed by atoms with Crippen LogP contribution in [0.25, 0.3) is 0 Å². The van der Waals surface area contributed by atoms with Crippen molar-refractivity contribution in [2.45, 2.75) is 26.4 Å². The van der Waals surface area contributed by atoms with Crippen molar-refractivity contribution < 1.29 is 18.7 Å². The van der Waals surface area contributed by atoms with Gasteiger partial charge in [-0.3, -0.25) is 9.59 Å². The number of carbonyl (C=O) groups excluding carboxylic acids is 2. The van der Waals surface area contributed by atoms with E-state index in [1.165, 1.54) is 25.1 Å². The third-order valence-corrected chi connectivity index (χ3v) is 3.70. The molecule has 0 aliphatic heterocycles. The van der Waals surface area contributed by atoms with Crippen LogP contribution in [0.2, 0.25) is 5.02 Å². The minimum atomic E-state index is -1.01. The number of rotatable bonds is 5. The van der Waals surface area contributed by atoms with Gasteiger partial charge in [-0.2, -0.15) is 0 Å². The molecule has 0 unspecified atom stereocenters. The van der Waals surface area contributed by atoms with Gasteiger partial charge in [0.05, 0.1) is 6.42 Å². The standard InChI is InChI=1S/C18H17ClFNO3/c1-11-5-3-6-13(9-11)21-18(23)12(2)24-17(22)10-14-15(19)7-4-8-16(14)20/h3-9,12H,10H2,1-2H3,(H,21,23)/t12-/m0/s1. The molecular weight excluding hydrogens is 333 g/mol. The van der Waals surface area contributed by atoms with E-state index < -0.39 is 23.8 Å². The zero-order chi connectivity index (χ0) is 17.7. The van der Waals surface area contributed by atoms with Crippen molar-refractivity contribution in [3.05, 3.63) is 64.4 Å². The number of halogens is 2. The molecular formula is C18H17ClFNO3. The molecule has 0 spiro atoms. The molecule has 0 fully saturated rings. The van der Waals surface area contributed by atoms with Gasteiger partial charge in [-0.25, -0.2) is 4.39 Å². The number of nitrogens with one attached hydrogen (secondary N) is 1. The highest BCUT2D eigenvalue weighted by Gasteiger charge is 2.20. The molecule has 6 heteroatoms. The monoisotopic (exact) mass is 349 g/mol. The van der Waals surface area contributed by atoms with Crippen LogP contribution in [0, 0.1) is 12.7 Å². The van der Waals surface area contributed by atoms with Crippen molar-refractivity contribution in [1.82, 2.24) is 0 Å². The maximum atomic E-state index is 13.7. The average molecular weight is 350 g/mol. The lowest BCUT2D eigenvalue weighted by Crippen LogP contribution is -2.30. The van der Waals surface area contributed by atoms with Crippen LogP contribution in [0.3, 0.4) is 0 Å². The van der Waals surface area contributed by atoms with Crippen LogP contribution in [0.1, 0.15) is 18.1 Å². The van der Waals surface area contributed by atoms with Crippen LogP contribution in [0.5, 0.6) is 0 Å². The largest absolute Gasteiger partial charge is 0.452 e. The van der Waals surface area contributed by atoms with E-state index in [-0.39, 0.29) is 17.0 Å². The van der Waals surface area contributed by atoms with Gasteiger partial charge in [0.25, 0.3) is 5.91 Å². The van der Waals surface area contributed by atoms with Gasteiger partial charge in [-0.1, -0.05) is 29.8 Å². The predicted octanol–water partition coefficient (Wildman–Crippen LogP) is 3.90. The predicted molar refractivity (Wildman–Crippen MR) is 90.5 cm³/mol. The summed E-state index contributed by atoms with van der Waals surface area (Å²) in [6, 6.07) is 11.4. The Hall–Kier alpha value is -2.40. The van der Waals surface area contributed by atoms with Crippen LogP contribution >= 0.6 is 11.6 Å². The lowest BCUT2D eigenvalue weighted by atomic mass is 10.1. The molecule has 1 amide bonds. The molecule has 2 aromatic rings. The number of hydrogen-bond acceptors (Lipinski definition) is 3. The molecule has 2 aromatic carbocycles. The first kappa shape index (κ1) is 17.9. The van der Waals surface area contributed by atoms with E-state index in [2.05, 4.69) is 5.32 Å². The van der Waals surface area contributed by atoms with E-state index >= 15 is 0 Å². The number of esters is 1. The first-order valence-corrected chi connectivity index (χ1v) is 7.74. The van der Waals surface area contributed by atoms with Gasteiger partial charge in [0.1, 0.15) is 5.82 Å². The summed E-state index contributed by atoms with van der Waals surface area (Å²) >= 11 is 5.87. The fourth-order valence-corrected chi connectivity index (χ4v) is 2.33. The molecule has 126 valence electrons. The molecule has 0 bridgehead atoms. The number of benzene rings is 2. The number of carbonyl (C=O) groups is 2. The van der Waals surface area contributed by atoms with Gasteiger partial charge < -0.3 is 10.1 Å². The SMILES string of the molecule is Cc1cccc(NC(=O)[C@H](C)OC(=O)Cc2c(F)cccc2Cl)c1. The molecule has 0 radical (unpaired) electrons. The molecule has 1 atom stereocenters. The Morgan fingerprint density at radius 3 is 2.62 bits per heavy atom. The third-order valence-electron chi connectivity index (χ3n) is 3.35. The summed E-state index contributed by atoms with van der Waals surface area (Å²) in [5, 5.41) is 2.80. The fourth-order valence-electron chi connectivity index (χ4n) is 2.10. The van der Waals surface area contributed by atoms with E-state index in [9.17, 15) is 14.0 Å². The summed E-state index contributed by atoms with van der Waals surface area (Å²) in [7, 11) is 0. The number of aryl methyl sites for hydroxylation is 1. The van der Waals surface area contributed by atoms with E-state index in [1.54, 1.807) is 12.1 Å². The molecule has 24 heavy (non-hydrogen) atoms. The first-order chi connectivity index (χ1) is 11.4. The normalized spacial score (nSPS) is 11.7. The second kappa shape index (κ2) is 7.93. The van der Waals surface area contributed by atoms with E-state index in [1.807, 2.05) is 19.1 Å². The zero-order valence-corrected chi connectivity index (χ0v) is 14.1. The quantitative estimate of drug-likeness (QED) is 0.833. The third kappa shape index (κ3) is 4.80. The number of ether oxygens (including phenoxy) is 1. The maximum Gasteiger partial charge on any atom is 0.311 e. The van der Waals surface area contributed by atoms with Crippen LogP contribution in [0.4, 0.5) is 10.1 Å². The van der Waals surface area contributed by atoms with E-state index in [0.29, 0.717) is 5.69 Å². The van der Waals surface area contributed by atoms with Crippen LogP contribution in [-0.4, -0.2) is 18.0 Å². The van der Waals surface area contributed by atoms with E-state index in [0.717, 1.165) is 5.56 Å². The summed E-state index contributed by atoms with van der Waals surface area (Å²) < 4.78 is 18.7. The second-order valence-corrected chi connectivity index (χ2v) is 5.78. The van der Waals surface area contributed by atoms with Crippen molar-refractivity contribution in [2.75, 3.05) is 5.32 Å². The Morgan fingerprint density at radius 1 is 1.25 bits per heavy atom. The topological polar surface area (TPSA) is 55.4 Å². The van der Waals surface area contributed by atoms with E-state index in [4.69, 9.17) is 16.3 Å². The molecule has 1 N–H and O–H groups in total. The Labute approximate surface area is 144 Å². The molecule has 0 heterocycles. The molecule has 4 nitrogen and oxygen atoms in total. The van der Waals surface area contributed by atoms with Crippen molar-refractivity contribution in [3.63, 3.8) is 0 Å². The van der Waals surface area contributed by atoms with Gasteiger partial charge in [-0.05, 0) is 43.7 Å². The lowest BCUT2D eigenvalue weighted by Gasteiger charge is -2.14. The Kier molecular flexibility index (Phi) is 5.93. The van der Waals surface area contributed by atoms with Crippen molar-refractivity contribution in [1.29, 1.82) is 0 Å². The minimum absolute atomic E-state index is 0.0514. The van der Waals surface area contributed by atoms with Crippen LogP contribution in [-0.2, 0) is 20.7 Å². The highest BCUT2D eigenvalue weighted by atomic mass is 35.5. The van der Waals surface area contributed by atoms with Gasteiger partial charge in [0.15, 0.2) is 6.10 Å². The van der Waals surface area contributed by atoms with Crippen LogP contribution < -0.4 is 5.32 Å². The molecule has 0 aromatic heterocycles. The fraction of sp³-hybridized carbons (Fsp3) is 0.222. The van der Waals surface area contributed by atoms with Crippen molar-refractivity contribution >= 4 is 29.2 Å². The summed E-state index contributed by atoms with van der Waals surface area (Å²) in [5.74, 6) is -1.78. The number of hydrogen-bond donors (Lipinski definition) is 1. The minimum Gasteiger partial charge on any atom is -0.452 e. The van der Waals surface area contributed by atoms with Gasteiger partial charge in [-0.15, -0.1) is 0 Å². The summed E-state index contributed by atoms with van der Waals surface area (Å²) in [6.07, 6.45) is -1.35. The molecule has 0 aliphatic rings. The maximum absolute atomic E-state index is 13.7. The van der Waals surface area contributed by atoms with Gasteiger partial charge in [0.2, 0.25) is 0 Å². The molecule has 0 saturated carbocycles. The van der Waals surface area contributed by atoms with Gasteiger partial charge >= 0.3 is 5.97 Å². The number of anilines is 1. The summed E-state index contributed by atoms with van der Waals surface area (Å²) in [6.45, 7) is 3.35. The molecule has 0 saturated heterocycles. The lowest BCUT2D eigenvalue weighted by molar-refractivity contribution is -0.152. The smallest absolute Gasteiger partial charge is 0.311 e. The van der Waals surface area contributed by atoms with Gasteiger partial charge in [0, 0.05) is 16.3 Å². The highest BCUT2D eigenvalue weighted by molar-refractivity contribution is 6.31. The van der Waals surface area contributed by atoms with Crippen LogP contribution in [0.15, 0.2) is 42.5 Å². The number of amides is 1. The molecule has 0 aliphatic carbocycles. The van der Waals surface area contributed by atoms with Crippen molar-refractivity contribution in [2.24, 2.45) is 0 Å². The Morgan fingerprint density at radius 2 is 1.96 bits per heavy atom. The Balaban J connectivity index is 1.94. The highest BCUT2D eigenvalue weighted by Crippen LogP contribution is 2.20. The zero-order valence-electron chi connectivity index (χ0n) is 13.3. The second-order valence-electron chi connectivity index (χ2n) is 5.37. The van der Waals surface area contributed by atoms with Crippen molar-refractivity contribution in [3.8, 4) is 0 Å². The Bertz CT molecular complexity index is 743. The average Bonchev–Trinajstić information content (AvgIpc) is 2.51. The molecule has 2 rings (SSSR count). The first-order valence-electron chi connectivity index (χ1n) is 7.36. The summed E-state index contributed by atoms with van der Waals surface area (Å²) in [5.41, 5.74) is 1.65. The summed E-state index contributed by atoms with van der Waals surface area (Å²) in [4.78, 5) is 24.0.